The number of aryl methyl sites for hydroxylation is 1. The molecule has 0 atom stereocenters. The van der Waals surface area contributed by atoms with Crippen molar-refractivity contribution in [1.82, 2.24) is 19.7 Å². The van der Waals surface area contributed by atoms with Crippen molar-refractivity contribution in [3.05, 3.63) is 46.2 Å². The van der Waals surface area contributed by atoms with Crippen LogP contribution < -0.4 is 5.73 Å². The summed E-state index contributed by atoms with van der Waals surface area (Å²) in [5, 5.41) is 4.78. The highest BCUT2D eigenvalue weighted by Crippen LogP contribution is 2.30. The summed E-state index contributed by atoms with van der Waals surface area (Å²) < 4.78 is 2.53. The zero-order valence-corrected chi connectivity index (χ0v) is 13.4. The van der Waals surface area contributed by atoms with Crippen molar-refractivity contribution >= 4 is 33.3 Å². The van der Waals surface area contributed by atoms with Crippen LogP contribution in [0, 0.1) is 0 Å². The third-order valence-electron chi connectivity index (χ3n) is 2.92. The number of benzene rings is 1. The van der Waals surface area contributed by atoms with Gasteiger partial charge in [-0.2, -0.15) is 5.10 Å². The van der Waals surface area contributed by atoms with Crippen LogP contribution in [-0.4, -0.2) is 19.7 Å². The topological polar surface area (TPSA) is 69.6 Å². The molecule has 1 aromatic carbocycles. The lowest BCUT2D eigenvalue weighted by Crippen LogP contribution is -1.98. The SMILES string of the molecule is Cn1cc(-c2cc(N)nc(-c3ccc(Cl)cc3Br)n2)cn1. The molecule has 7 heteroatoms. The van der Waals surface area contributed by atoms with Crippen molar-refractivity contribution in [2.75, 3.05) is 5.73 Å². The number of nitrogens with zero attached hydrogens (tertiary/aromatic N) is 4. The van der Waals surface area contributed by atoms with Gasteiger partial charge in [0.1, 0.15) is 5.82 Å². The van der Waals surface area contributed by atoms with Gasteiger partial charge in [-0.15, -0.1) is 0 Å². The van der Waals surface area contributed by atoms with Crippen LogP contribution in [0.4, 0.5) is 5.82 Å². The molecule has 106 valence electrons. The number of aromatic nitrogens is 4. The third kappa shape index (κ3) is 2.91. The first-order valence-corrected chi connectivity index (χ1v) is 7.29. The van der Waals surface area contributed by atoms with Gasteiger partial charge in [0.2, 0.25) is 0 Å². The van der Waals surface area contributed by atoms with E-state index >= 15 is 0 Å². The van der Waals surface area contributed by atoms with Gasteiger partial charge in [0.05, 0.1) is 11.9 Å². The minimum Gasteiger partial charge on any atom is -0.384 e. The second-order valence-corrected chi connectivity index (χ2v) is 5.82. The summed E-state index contributed by atoms with van der Waals surface area (Å²) in [4.78, 5) is 8.85. The summed E-state index contributed by atoms with van der Waals surface area (Å²) in [7, 11) is 1.85. The summed E-state index contributed by atoms with van der Waals surface area (Å²) in [5.74, 6) is 0.943. The molecule has 0 saturated carbocycles. The van der Waals surface area contributed by atoms with Crippen molar-refractivity contribution in [2.45, 2.75) is 0 Å². The Kier molecular flexibility index (Phi) is 3.65. The van der Waals surface area contributed by atoms with Crippen LogP contribution in [0.5, 0.6) is 0 Å². The molecule has 21 heavy (non-hydrogen) atoms. The molecule has 3 aromatic rings. The Labute approximate surface area is 134 Å². The lowest BCUT2D eigenvalue weighted by Gasteiger charge is -2.07. The molecule has 0 aliphatic rings. The molecular formula is C14H11BrClN5. The molecule has 0 aliphatic carbocycles. The first kappa shape index (κ1) is 14.0. The average molecular weight is 365 g/mol. The van der Waals surface area contributed by atoms with E-state index in [2.05, 4.69) is 31.0 Å². The van der Waals surface area contributed by atoms with E-state index in [-0.39, 0.29) is 0 Å². The predicted octanol–water partition coefficient (Wildman–Crippen LogP) is 3.54. The van der Waals surface area contributed by atoms with E-state index in [4.69, 9.17) is 17.3 Å². The van der Waals surface area contributed by atoms with Crippen molar-refractivity contribution in [3.63, 3.8) is 0 Å². The molecule has 0 radical (unpaired) electrons. The largest absolute Gasteiger partial charge is 0.384 e. The van der Waals surface area contributed by atoms with Gasteiger partial charge in [-0.25, -0.2) is 9.97 Å². The summed E-state index contributed by atoms with van der Waals surface area (Å²) in [5.41, 5.74) is 8.35. The van der Waals surface area contributed by atoms with Gasteiger partial charge in [-0.1, -0.05) is 11.6 Å². The fourth-order valence-corrected chi connectivity index (χ4v) is 2.82. The van der Waals surface area contributed by atoms with Crippen LogP contribution in [0.1, 0.15) is 0 Å². The van der Waals surface area contributed by atoms with E-state index < -0.39 is 0 Å². The van der Waals surface area contributed by atoms with Crippen LogP contribution >= 0.6 is 27.5 Å². The molecule has 0 aliphatic heterocycles. The van der Waals surface area contributed by atoms with Crippen LogP contribution in [0.2, 0.25) is 5.02 Å². The second-order valence-electron chi connectivity index (χ2n) is 4.53. The maximum Gasteiger partial charge on any atom is 0.163 e. The lowest BCUT2D eigenvalue weighted by atomic mass is 10.2. The fourth-order valence-electron chi connectivity index (χ4n) is 1.96. The van der Waals surface area contributed by atoms with E-state index in [0.29, 0.717) is 16.7 Å². The summed E-state index contributed by atoms with van der Waals surface area (Å²) >= 11 is 9.43. The average Bonchev–Trinajstić information content (AvgIpc) is 2.84. The normalized spacial score (nSPS) is 10.8. The van der Waals surface area contributed by atoms with Crippen LogP contribution in [0.15, 0.2) is 41.1 Å². The molecule has 0 bridgehead atoms. The molecule has 2 N–H and O–H groups in total. The van der Waals surface area contributed by atoms with Crippen LogP contribution in [0.3, 0.4) is 0 Å². The molecule has 0 fully saturated rings. The number of rotatable bonds is 2. The quantitative estimate of drug-likeness (QED) is 0.755. The fraction of sp³-hybridized carbons (Fsp3) is 0.0714. The van der Waals surface area contributed by atoms with Gasteiger partial charge < -0.3 is 5.73 Å². The minimum atomic E-state index is 0.403. The number of nitrogen functional groups attached to an aromatic ring is 1. The summed E-state index contributed by atoms with van der Waals surface area (Å²) in [6.07, 6.45) is 3.62. The number of anilines is 1. The van der Waals surface area contributed by atoms with Crippen molar-refractivity contribution in [2.24, 2.45) is 7.05 Å². The van der Waals surface area contributed by atoms with Crippen molar-refractivity contribution < 1.29 is 0 Å². The maximum atomic E-state index is 5.96. The number of halogens is 2. The highest BCUT2D eigenvalue weighted by Gasteiger charge is 2.11. The molecule has 0 saturated heterocycles. The predicted molar refractivity (Wildman–Crippen MR) is 86.8 cm³/mol. The zero-order chi connectivity index (χ0) is 15.0. The van der Waals surface area contributed by atoms with E-state index in [1.807, 2.05) is 19.3 Å². The molecule has 3 rings (SSSR count). The van der Waals surface area contributed by atoms with Crippen LogP contribution in [-0.2, 0) is 7.05 Å². The molecule has 0 amide bonds. The molecule has 2 heterocycles. The van der Waals surface area contributed by atoms with Gasteiger partial charge in [0.15, 0.2) is 5.82 Å². The maximum absolute atomic E-state index is 5.96. The van der Waals surface area contributed by atoms with Gasteiger partial charge in [0, 0.05) is 39.9 Å². The summed E-state index contributed by atoms with van der Waals surface area (Å²) in [6, 6.07) is 7.17. The number of hydrogen-bond donors (Lipinski definition) is 1. The van der Waals surface area contributed by atoms with Crippen LogP contribution in [0.25, 0.3) is 22.6 Å². The summed E-state index contributed by atoms with van der Waals surface area (Å²) in [6.45, 7) is 0. The number of nitrogens with two attached hydrogens (primary N) is 1. The molecule has 5 nitrogen and oxygen atoms in total. The molecule has 0 spiro atoms. The first-order chi connectivity index (χ1) is 10.0. The Morgan fingerprint density at radius 2 is 2.05 bits per heavy atom. The molecular weight excluding hydrogens is 354 g/mol. The van der Waals surface area contributed by atoms with E-state index in [9.17, 15) is 0 Å². The van der Waals surface area contributed by atoms with Gasteiger partial charge in [-0.3, -0.25) is 4.68 Å². The van der Waals surface area contributed by atoms with Gasteiger partial charge >= 0.3 is 0 Å². The zero-order valence-electron chi connectivity index (χ0n) is 11.1. The number of hydrogen-bond acceptors (Lipinski definition) is 4. The molecule has 2 aromatic heterocycles. The minimum absolute atomic E-state index is 0.403. The van der Waals surface area contributed by atoms with Gasteiger partial charge in [-0.05, 0) is 34.1 Å². The monoisotopic (exact) mass is 363 g/mol. The Morgan fingerprint density at radius 3 is 2.71 bits per heavy atom. The smallest absolute Gasteiger partial charge is 0.163 e. The Hall–Kier alpha value is -1.92. The Morgan fingerprint density at radius 1 is 1.24 bits per heavy atom. The lowest BCUT2D eigenvalue weighted by molar-refractivity contribution is 0.768. The van der Waals surface area contributed by atoms with E-state index in [1.165, 1.54) is 0 Å². The highest BCUT2D eigenvalue weighted by molar-refractivity contribution is 9.10. The van der Waals surface area contributed by atoms with Gasteiger partial charge in [0.25, 0.3) is 0 Å². The Bertz CT molecular complexity index is 815. The van der Waals surface area contributed by atoms with Crippen molar-refractivity contribution in [3.8, 4) is 22.6 Å². The highest BCUT2D eigenvalue weighted by atomic mass is 79.9. The van der Waals surface area contributed by atoms with Crippen molar-refractivity contribution in [1.29, 1.82) is 0 Å². The molecule has 0 unspecified atom stereocenters. The standard InChI is InChI=1S/C14H11BrClN5/c1-21-7-8(6-18-21)12-5-13(17)20-14(19-12)10-3-2-9(16)4-11(10)15/h2-7H,1H3,(H2,17,19,20). The third-order valence-corrected chi connectivity index (χ3v) is 3.81. The van der Waals surface area contributed by atoms with E-state index in [0.717, 1.165) is 21.3 Å². The first-order valence-electron chi connectivity index (χ1n) is 6.12. The Balaban J connectivity index is 2.13. The second kappa shape index (κ2) is 5.46. The van der Waals surface area contributed by atoms with E-state index in [1.54, 1.807) is 29.1 Å².